The van der Waals surface area contributed by atoms with E-state index in [0.717, 1.165) is 6.61 Å². The maximum atomic E-state index is 5.87. The standard InChI is InChI=1S/C12H16BNO/c1-10-4-6-11(7-5-10)13-14-8-2-3-12(14)9-15-13/h4-7,12H,2-3,8-9H2,1H3/t12-/m0/s1. The quantitative estimate of drug-likeness (QED) is 0.632. The summed E-state index contributed by atoms with van der Waals surface area (Å²) >= 11 is 0. The number of hydrogen-bond acceptors (Lipinski definition) is 2. The summed E-state index contributed by atoms with van der Waals surface area (Å²) in [6, 6.07) is 9.40. The number of fused-ring (bicyclic) bond motifs is 1. The highest BCUT2D eigenvalue weighted by Gasteiger charge is 2.41. The van der Waals surface area contributed by atoms with Crippen molar-refractivity contribution in [3.05, 3.63) is 29.8 Å². The molecule has 0 radical (unpaired) electrons. The SMILES string of the molecule is Cc1ccc(B2OC[C@@H]3CCCN23)cc1. The van der Waals surface area contributed by atoms with Gasteiger partial charge >= 0.3 is 7.05 Å². The van der Waals surface area contributed by atoms with Crippen molar-refractivity contribution in [2.75, 3.05) is 13.2 Å². The molecule has 2 fully saturated rings. The third-order valence-electron chi connectivity index (χ3n) is 3.53. The van der Waals surface area contributed by atoms with Crippen molar-refractivity contribution in [2.24, 2.45) is 0 Å². The minimum absolute atomic E-state index is 0.220. The van der Waals surface area contributed by atoms with Gasteiger partial charge in [-0.2, -0.15) is 0 Å². The summed E-state index contributed by atoms with van der Waals surface area (Å²) in [4.78, 5) is 2.50. The average Bonchev–Trinajstić information content (AvgIpc) is 2.80. The van der Waals surface area contributed by atoms with E-state index in [1.54, 1.807) is 0 Å². The average molecular weight is 201 g/mol. The van der Waals surface area contributed by atoms with Crippen molar-refractivity contribution in [3.63, 3.8) is 0 Å². The van der Waals surface area contributed by atoms with Gasteiger partial charge in [-0.25, -0.2) is 0 Å². The van der Waals surface area contributed by atoms with E-state index in [1.807, 2.05) is 0 Å². The van der Waals surface area contributed by atoms with Gasteiger partial charge in [0.1, 0.15) is 0 Å². The van der Waals surface area contributed by atoms with Gasteiger partial charge in [-0.3, -0.25) is 0 Å². The first-order chi connectivity index (χ1) is 7.34. The Kier molecular flexibility index (Phi) is 2.30. The van der Waals surface area contributed by atoms with E-state index in [9.17, 15) is 0 Å². The molecule has 1 atom stereocenters. The molecule has 0 N–H and O–H groups in total. The van der Waals surface area contributed by atoms with Gasteiger partial charge in [0.05, 0.1) is 0 Å². The van der Waals surface area contributed by atoms with Crippen LogP contribution in [0.25, 0.3) is 0 Å². The Morgan fingerprint density at radius 1 is 1.33 bits per heavy atom. The van der Waals surface area contributed by atoms with E-state index in [-0.39, 0.29) is 7.05 Å². The normalized spacial score (nSPS) is 25.9. The monoisotopic (exact) mass is 201 g/mol. The van der Waals surface area contributed by atoms with E-state index in [4.69, 9.17) is 4.65 Å². The zero-order valence-electron chi connectivity index (χ0n) is 9.15. The van der Waals surface area contributed by atoms with Crippen LogP contribution >= 0.6 is 0 Å². The Labute approximate surface area is 91.4 Å². The van der Waals surface area contributed by atoms with Gasteiger partial charge in [-0.05, 0) is 31.8 Å². The van der Waals surface area contributed by atoms with E-state index in [0.29, 0.717) is 6.04 Å². The van der Waals surface area contributed by atoms with Crippen LogP contribution in [0, 0.1) is 6.92 Å². The number of benzene rings is 1. The minimum Gasteiger partial charge on any atom is -0.416 e. The molecule has 1 aromatic rings. The number of hydrogen-bond donors (Lipinski definition) is 0. The highest BCUT2D eigenvalue weighted by molar-refractivity contribution is 6.65. The lowest BCUT2D eigenvalue weighted by Gasteiger charge is -2.18. The van der Waals surface area contributed by atoms with Gasteiger partial charge in [0.2, 0.25) is 0 Å². The van der Waals surface area contributed by atoms with Crippen LogP contribution in [0.15, 0.2) is 24.3 Å². The summed E-state index contributed by atoms with van der Waals surface area (Å²) in [7, 11) is 0.220. The number of rotatable bonds is 1. The van der Waals surface area contributed by atoms with Gasteiger partial charge in [0.15, 0.2) is 0 Å². The minimum atomic E-state index is 0.220. The Morgan fingerprint density at radius 3 is 2.93 bits per heavy atom. The predicted molar refractivity (Wildman–Crippen MR) is 62.2 cm³/mol. The summed E-state index contributed by atoms with van der Waals surface area (Å²) in [5.74, 6) is 0. The first-order valence-electron chi connectivity index (χ1n) is 5.78. The molecule has 2 saturated heterocycles. The maximum Gasteiger partial charge on any atom is 0.418 e. The lowest BCUT2D eigenvalue weighted by molar-refractivity contribution is 0.334. The van der Waals surface area contributed by atoms with Crippen LogP contribution in [0.4, 0.5) is 0 Å². The summed E-state index contributed by atoms with van der Waals surface area (Å²) in [6.07, 6.45) is 2.64. The van der Waals surface area contributed by atoms with Crippen molar-refractivity contribution >= 4 is 12.5 Å². The molecule has 3 rings (SSSR count). The van der Waals surface area contributed by atoms with Gasteiger partial charge in [-0.15, -0.1) is 0 Å². The third kappa shape index (κ3) is 1.60. The highest BCUT2D eigenvalue weighted by Crippen LogP contribution is 2.24. The molecule has 0 bridgehead atoms. The molecule has 2 heterocycles. The molecule has 0 spiro atoms. The fourth-order valence-corrected chi connectivity index (χ4v) is 2.66. The fourth-order valence-electron chi connectivity index (χ4n) is 2.66. The molecule has 2 aliphatic rings. The molecule has 0 aromatic heterocycles. The molecule has 2 aliphatic heterocycles. The van der Waals surface area contributed by atoms with Crippen LogP contribution < -0.4 is 5.46 Å². The lowest BCUT2D eigenvalue weighted by Crippen LogP contribution is -2.45. The molecule has 0 unspecified atom stereocenters. The molecule has 78 valence electrons. The van der Waals surface area contributed by atoms with Gasteiger partial charge in [0.25, 0.3) is 0 Å². The topological polar surface area (TPSA) is 12.5 Å². The largest absolute Gasteiger partial charge is 0.418 e. The zero-order valence-corrected chi connectivity index (χ0v) is 9.15. The summed E-state index contributed by atoms with van der Waals surface area (Å²) < 4.78 is 5.87. The van der Waals surface area contributed by atoms with Crippen molar-refractivity contribution in [2.45, 2.75) is 25.8 Å². The Hall–Kier alpha value is -0.795. The van der Waals surface area contributed by atoms with Gasteiger partial charge in [0, 0.05) is 12.6 Å². The Bertz CT molecular complexity index is 351. The number of nitrogens with zero attached hydrogens (tertiary/aromatic N) is 1. The third-order valence-corrected chi connectivity index (χ3v) is 3.53. The summed E-state index contributed by atoms with van der Waals surface area (Å²) in [5.41, 5.74) is 2.62. The second kappa shape index (κ2) is 3.65. The van der Waals surface area contributed by atoms with Gasteiger partial charge in [-0.1, -0.05) is 29.8 Å². The molecular weight excluding hydrogens is 185 g/mol. The fraction of sp³-hybridized carbons (Fsp3) is 0.500. The molecule has 1 aromatic carbocycles. The van der Waals surface area contributed by atoms with Gasteiger partial charge < -0.3 is 9.47 Å². The summed E-state index contributed by atoms with van der Waals surface area (Å²) in [5, 5.41) is 0. The highest BCUT2D eigenvalue weighted by atomic mass is 16.5. The van der Waals surface area contributed by atoms with Crippen LogP contribution in [0.1, 0.15) is 18.4 Å². The first kappa shape index (κ1) is 9.43. The molecular formula is C12H16BNO. The number of aryl methyl sites for hydroxylation is 1. The second-order valence-corrected chi connectivity index (χ2v) is 4.63. The van der Waals surface area contributed by atoms with Crippen molar-refractivity contribution in [1.82, 2.24) is 4.81 Å². The smallest absolute Gasteiger partial charge is 0.416 e. The van der Waals surface area contributed by atoms with E-state index in [2.05, 4.69) is 36.0 Å². The van der Waals surface area contributed by atoms with Crippen molar-refractivity contribution in [1.29, 1.82) is 0 Å². The first-order valence-corrected chi connectivity index (χ1v) is 5.78. The van der Waals surface area contributed by atoms with Crippen LogP contribution in [-0.2, 0) is 4.65 Å². The van der Waals surface area contributed by atoms with Crippen molar-refractivity contribution in [3.8, 4) is 0 Å². The second-order valence-electron chi connectivity index (χ2n) is 4.63. The van der Waals surface area contributed by atoms with Crippen LogP contribution in [0.5, 0.6) is 0 Å². The maximum absolute atomic E-state index is 5.87. The summed E-state index contributed by atoms with van der Waals surface area (Å²) in [6.45, 7) is 4.24. The van der Waals surface area contributed by atoms with E-state index in [1.165, 1.54) is 30.4 Å². The molecule has 3 heteroatoms. The molecule has 15 heavy (non-hydrogen) atoms. The van der Waals surface area contributed by atoms with Crippen LogP contribution in [0.3, 0.4) is 0 Å². The Morgan fingerprint density at radius 2 is 2.13 bits per heavy atom. The lowest BCUT2D eigenvalue weighted by atomic mass is 9.72. The molecule has 0 aliphatic carbocycles. The van der Waals surface area contributed by atoms with Crippen molar-refractivity contribution < 1.29 is 4.65 Å². The molecule has 2 nitrogen and oxygen atoms in total. The zero-order chi connectivity index (χ0) is 10.3. The van der Waals surface area contributed by atoms with E-state index >= 15 is 0 Å². The Balaban J connectivity index is 1.85. The molecule has 0 amide bonds. The predicted octanol–water partition coefficient (Wildman–Crippen LogP) is 1.18. The van der Waals surface area contributed by atoms with Crippen LogP contribution in [-0.4, -0.2) is 31.1 Å². The van der Waals surface area contributed by atoms with E-state index < -0.39 is 0 Å². The molecule has 0 saturated carbocycles. The van der Waals surface area contributed by atoms with Crippen LogP contribution in [0.2, 0.25) is 0 Å².